The molecule has 1 aromatic carbocycles. The van der Waals surface area contributed by atoms with Gasteiger partial charge in [0.1, 0.15) is 5.75 Å². The van der Waals surface area contributed by atoms with E-state index in [1.54, 1.807) is 13.2 Å². The number of rotatable bonds is 4. The van der Waals surface area contributed by atoms with Crippen LogP contribution in [0.4, 0.5) is 0 Å². The van der Waals surface area contributed by atoms with Gasteiger partial charge in [-0.2, -0.15) is 0 Å². The predicted octanol–water partition coefficient (Wildman–Crippen LogP) is 1.90. The minimum atomic E-state index is -0.455. The maximum atomic E-state index is 9.00. The van der Waals surface area contributed by atoms with E-state index >= 15 is 0 Å². The molecule has 4 heteroatoms. The normalized spacial score (nSPS) is 12.6. The van der Waals surface area contributed by atoms with E-state index < -0.39 is 6.04 Å². The van der Waals surface area contributed by atoms with Crippen molar-refractivity contribution in [3.8, 4) is 5.75 Å². The molecular weight excluding hydrogens is 214 g/mol. The number of hydrogen-bond acceptors (Lipinski definition) is 3. The van der Waals surface area contributed by atoms with Crippen molar-refractivity contribution in [3.05, 3.63) is 28.3 Å². The van der Waals surface area contributed by atoms with E-state index in [1.807, 2.05) is 13.0 Å². The van der Waals surface area contributed by atoms with Gasteiger partial charge in [-0.25, -0.2) is 0 Å². The third kappa shape index (κ3) is 2.62. The van der Waals surface area contributed by atoms with E-state index in [4.69, 9.17) is 27.2 Å². The van der Waals surface area contributed by atoms with Crippen LogP contribution in [0.25, 0.3) is 0 Å². The molecule has 0 bridgehead atoms. The zero-order chi connectivity index (χ0) is 11.4. The molecule has 3 nitrogen and oxygen atoms in total. The minimum absolute atomic E-state index is 0.127. The van der Waals surface area contributed by atoms with Gasteiger partial charge in [-0.05, 0) is 24.1 Å². The summed E-state index contributed by atoms with van der Waals surface area (Å²) in [6.07, 6.45) is 0.837. The van der Waals surface area contributed by atoms with E-state index in [0.29, 0.717) is 10.8 Å². The average molecular weight is 230 g/mol. The van der Waals surface area contributed by atoms with Gasteiger partial charge in [0.2, 0.25) is 0 Å². The van der Waals surface area contributed by atoms with Crippen LogP contribution < -0.4 is 10.5 Å². The molecule has 15 heavy (non-hydrogen) atoms. The largest absolute Gasteiger partial charge is 0.496 e. The number of benzene rings is 1. The molecule has 0 aliphatic rings. The first-order chi connectivity index (χ1) is 7.13. The number of halogens is 1. The highest BCUT2D eigenvalue weighted by Crippen LogP contribution is 2.30. The fourth-order valence-corrected chi connectivity index (χ4v) is 1.75. The molecule has 0 aliphatic heterocycles. The van der Waals surface area contributed by atoms with Crippen molar-refractivity contribution in [2.45, 2.75) is 19.4 Å². The number of aryl methyl sites for hydroxylation is 1. The molecule has 1 aromatic rings. The Morgan fingerprint density at radius 3 is 2.67 bits per heavy atom. The van der Waals surface area contributed by atoms with E-state index in [2.05, 4.69) is 0 Å². The van der Waals surface area contributed by atoms with Crippen molar-refractivity contribution in [2.24, 2.45) is 5.73 Å². The maximum absolute atomic E-state index is 9.00. The van der Waals surface area contributed by atoms with Gasteiger partial charge in [-0.3, -0.25) is 0 Å². The van der Waals surface area contributed by atoms with Gasteiger partial charge in [-0.15, -0.1) is 0 Å². The second kappa shape index (κ2) is 5.35. The maximum Gasteiger partial charge on any atom is 0.124 e. The molecule has 0 saturated carbocycles. The Balaban J connectivity index is 3.21. The van der Waals surface area contributed by atoms with Gasteiger partial charge in [-0.1, -0.05) is 18.5 Å². The van der Waals surface area contributed by atoms with Crippen molar-refractivity contribution < 1.29 is 9.84 Å². The summed E-state index contributed by atoms with van der Waals surface area (Å²) in [7, 11) is 1.58. The first-order valence-electron chi connectivity index (χ1n) is 4.86. The van der Waals surface area contributed by atoms with Gasteiger partial charge in [0.25, 0.3) is 0 Å². The topological polar surface area (TPSA) is 55.5 Å². The van der Waals surface area contributed by atoms with Crippen molar-refractivity contribution in [2.75, 3.05) is 13.7 Å². The summed E-state index contributed by atoms with van der Waals surface area (Å²) < 4.78 is 5.22. The number of aliphatic hydroxyl groups excluding tert-OH is 1. The van der Waals surface area contributed by atoms with Crippen molar-refractivity contribution in [1.82, 2.24) is 0 Å². The fourth-order valence-electron chi connectivity index (χ4n) is 1.45. The molecule has 0 radical (unpaired) electrons. The third-order valence-corrected chi connectivity index (χ3v) is 2.73. The summed E-state index contributed by atoms with van der Waals surface area (Å²) in [4.78, 5) is 0. The van der Waals surface area contributed by atoms with Gasteiger partial charge in [0, 0.05) is 10.6 Å². The lowest BCUT2D eigenvalue weighted by Gasteiger charge is -2.15. The second-order valence-electron chi connectivity index (χ2n) is 3.33. The van der Waals surface area contributed by atoms with Crippen LogP contribution in [0.5, 0.6) is 5.75 Å². The van der Waals surface area contributed by atoms with Crippen LogP contribution in [0.1, 0.15) is 24.1 Å². The molecule has 0 amide bonds. The summed E-state index contributed by atoms with van der Waals surface area (Å²) in [5, 5.41) is 9.67. The van der Waals surface area contributed by atoms with Crippen molar-refractivity contribution >= 4 is 11.6 Å². The van der Waals surface area contributed by atoms with Gasteiger partial charge < -0.3 is 15.6 Å². The van der Waals surface area contributed by atoms with Crippen LogP contribution in [0, 0.1) is 0 Å². The lowest BCUT2D eigenvalue weighted by Crippen LogP contribution is -2.15. The Labute approximate surface area is 94.8 Å². The number of hydrogen-bond donors (Lipinski definition) is 2. The van der Waals surface area contributed by atoms with E-state index in [1.165, 1.54) is 0 Å². The van der Waals surface area contributed by atoms with Gasteiger partial charge in [0.15, 0.2) is 0 Å². The second-order valence-corrected chi connectivity index (χ2v) is 3.74. The van der Waals surface area contributed by atoms with Crippen molar-refractivity contribution in [1.29, 1.82) is 0 Å². The zero-order valence-electron chi connectivity index (χ0n) is 8.96. The molecule has 3 N–H and O–H groups in total. The summed E-state index contributed by atoms with van der Waals surface area (Å²) in [6, 6.07) is 3.18. The first kappa shape index (κ1) is 12.3. The Morgan fingerprint density at radius 1 is 1.53 bits per heavy atom. The predicted molar refractivity (Wildman–Crippen MR) is 61.4 cm³/mol. The van der Waals surface area contributed by atoms with E-state index in [9.17, 15) is 0 Å². The van der Waals surface area contributed by atoms with Crippen LogP contribution in [-0.2, 0) is 6.42 Å². The molecule has 0 aromatic heterocycles. The number of nitrogens with two attached hydrogens (primary N) is 1. The molecule has 0 spiro atoms. The molecular formula is C11H16ClNO2. The minimum Gasteiger partial charge on any atom is -0.496 e. The van der Waals surface area contributed by atoms with Crippen LogP contribution >= 0.6 is 11.6 Å². The molecule has 0 saturated heterocycles. The summed E-state index contributed by atoms with van der Waals surface area (Å²) >= 11 is 6.07. The lowest BCUT2D eigenvalue weighted by atomic mass is 10.0. The average Bonchev–Trinajstić information content (AvgIpc) is 2.27. The van der Waals surface area contributed by atoms with Gasteiger partial charge in [0.05, 0.1) is 19.8 Å². The molecule has 1 unspecified atom stereocenters. The SMILES string of the molecule is CCc1cc(OC)c(C(N)CO)cc1Cl. The fraction of sp³-hybridized carbons (Fsp3) is 0.455. The Bertz CT molecular complexity index is 342. The highest BCUT2D eigenvalue weighted by atomic mass is 35.5. The monoisotopic (exact) mass is 229 g/mol. The van der Waals surface area contributed by atoms with Crippen LogP contribution in [0.15, 0.2) is 12.1 Å². The quantitative estimate of drug-likeness (QED) is 0.829. The van der Waals surface area contributed by atoms with E-state index in [-0.39, 0.29) is 6.61 Å². The summed E-state index contributed by atoms with van der Waals surface area (Å²) in [5.41, 5.74) is 7.50. The standard InChI is InChI=1S/C11H16ClNO2/c1-3-7-4-11(15-2)8(5-9(7)12)10(13)6-14/h4-5,10,14H,3,6,13H2,1-2H3. The first-order valence-corrected chi connectivity index (χ1v) is 5.24. The molecule has 84 valence electrons. The van der Waals surface area contributed by atoms with Gasteiger partial charge >= 0.3 is 0 Å². The summed E-state index contributed by atoms with van der Waals surface area (Å²) in [5.74, 6) is 0.679. The lowest BCUT2D eigenvalue weighted by molar-refractivity contribution is 0.264. The Morgan fingerprint density at radius 2 is 2.20 bits per heavy atom. The smallest absolute Gasteiger partial charge is 0.124 e. The molecule has 0 aliphatic carbocycles. The molecule has 1 atom stereocenters. The van der Waals surface area contributed by atoms with Crippen LogP contribution in [-0.4, -0.2) is 18.8 Å². The Kier molecular flexibility index (Phi) is 4.39. The number of ether oxygens (including phenoxy) is 1. The van der Waals surface area contributed by atoms with E-state index in [0.717, 1.165) is 17.5 Å². The number of aliphatic hydroxyl groups is 1. The highest BCUT2D eigenvalue weighted by Gasteiger charge is 2.13. The summed E-state index contributed by atoms with van der Waals surface area (Å²) in [6.45, 7) is 1.89. The van der Waals surface area contributed by atoms with Crippen LogP contribution in [0.2, 0.25) is 5.02 Å². The third-order valence-electron chi connectivity index (χ3n) is 2.38. The van der Waals surface area contributed by atoms with Crippen molar-refractivity contribution in [3.63, 3.8) is 0 Å². The Hall–Kier alpha value is -0.770. The molecule has 1 rings (SSSR count). The highest BCUT2D eigenvalue weighted by molar-refractivity contribution is 6.31. The molecule has 0 fully saturated rings. The van der Waals surface area contributed by atoms with Crippen LogP contribution in [0.3, 0.4) is 0 Å². The molecule has 0 heterocycles. The number of methoxy groups -OCH3 is 1. The zero-order valence-corrected chi connectivity index (χ0v) is 9.71.